The molecule has 0 fully saturated rings. The Kier molecular flexibility index (Phi) is 3.60. The fraction of sp³-hybridized carbons (Fsp3) is 0.118. The molecule has 1 heterocycles. The van der Waals surface area contributed by atoms with E-state index < -0.39 is 0 Å². The lowest BCUT2D eigenvalue weighted by Gasteiger charge is -2.13. The van der Waals surface area contributed by atoms with Gasteiger partial charge >= 0.3 is 0 Å². The molecule has 0 aliphatic carbocycles. The molecular formula is C17H17N3O. The number of rotatable bonds is 4. The van der Waals surface area contributed by atoms with Crippen molar-refractivity contribution in [3.63, 3.8) is 0 Å². The summed E-state index contributed by atoms with van der Waals surface area (Å²) in [7, 11) is 1.66. The first-order valence-corrected chi connectivity index (χ1v) is 6.78. The lowest BCUT2D eigenvalue weighted by atomic mass is 10.1. The van der Waals surface area contributed by atoms with Crippen molar-refractivity contribution in [3.8, 4) is 5.75 Å². The van der Waals surface area contributed by atoms with Gasteiger partial charge in [-0.25, -0.2) is 4.98 Å². The summed E-state index contributed by atoms with van der Waals surface area (Å²) in [4.78, 5) is 4.41. The Hall–Kier alpha value is -2.75. The van der Waals surface area contributed by atoms with Crippen molar-refractivity contribution in [3.05, 3.63) is 60.3 Å². The molecule has 2 aromatic carbocycles. The van der Waals surface area contributed by atoms with Crippen LogP contribution in [0.4, 0.5) is 11.5 Å². The van der Waals surface area contributed by atoms with Crippen LogP contribution in [0.5, 0.6) is 5.75 Å². The molecule has 0 bridgehead atoms. The number of nitrogens with one attached hydrogen (secondary N) is 1. The summed E-state index contributed by atoms with van der Waals surface area (Å²) < 4.78 is 5.39. The Morgan fingerprint density at radius 2 is 1.90 bits per heavy atom. The first-order valence-electron chi connectivity index (χ1n) is 6.78. The second-order valence-corrected chi connectivity index (χ2v) is 4.78. The highest BCUT2D eigenvalue weighted by molar-refractivity contribution is 6.03. The zero-order chi connectivity index (χ0) is 14.7. The average molecular weight is 279 g/mol. The third kappa shape index (κ3) is 2.60. The summed E-state index contributed by atoms with van der Waals surface area (Å²) >= 11 is 0. The van der Waals surface area contributed by atoms with Gasteiger partial charge in [-0.15, -0.1) is 0 Å². The Morgan fingerprint density at radius 3 is 2.67 bits per heavy atom. The van der Waals surface area contributed by atoms with Crippen molar-refractivity contribution in [2.45, 2.75) is 6.54 Å². The number of ether oxygens (including phenoxy) is 1. The number of nitrogens with zero attached hydrogens (tertiary/aromatic N) is 1. The molecule has 0 amide bonds. The van der Waals surface area contributed by atoms with Crippen LogP contribution in [0.25, 0.3) is 10.8 Å². The zero-order valence-electron chi connectivity index (χ0n) is 11.8. The molecule has 0 atom stereocenters. The summed E-state index contributed by atoms with van der Waals surface area (Å²) in [5.41, 5.74) is 8.00. The van der Waals surface area contributed by atoms with Crippen molar-refractivity contribution < 1.29 is 4.74 Å². The maximum absolute atomic E-state index is 6.11. The Morgan fingerprint density at radius 1 is 1.10 bits per heavy atom. The number of nitrogen functional groups attached to an aromatic ring is 1. The van der Waals surface area contributed by atoms with Crippen molar-refractivity contribution >= 4 is 22.3 Å². The van der Waals surface area contributed by atoms with E-state index >= 15 is 0 Å². The molecule has 106 valence electrons. The van der Waals surface area contributed by atoms with Crippen LogP contribution < -0.4 is 15.8 Å². The number of anilines is 2. The summed E-state index contributed by atoms with van der Waals surface area (Å²) in [6.45, 7) is 0.698. The summed E-state index contributed by atoms with van der Waals surface area (Å²) in [5.74, 6) is 1.57. The molecule has 1 aromatic heterocycles. The fourth-order valence-electron chi connectivity index (χ4n) is 2.39. The normalized spacial score (nSPS) is 10.5. The van der Waals surface area contributed by atoms with Crippen LogP contribution in [0.2, 0.25) is 0 Å². The van der Waals surface area contributed by atoms with Crippen LogP contribution in [-0.4, -0.2) is 12.1 Å². The van der Waals surface area contributed by atoms with Gasteiger partial charge in [0.15, 0.2) is 0 Å². The Bertz CT molecular complexity index is 757. The second-order valence-electron chi connectivity index (χ2n) is 4.78. The molecule has 0 aliphatic rings. The number of nitrogens with two attached hydrogens (primary N) is 1. The van der Waals surface area contributed by atoms with E-state index in [1.54, 1.807) is 13.3 Å². The summed E-state index contributed by atoms with van der Waals surface area (Å²) in [6.07, 6.45) is 1.76. The first-order chi connectivity index (χ1) is 10.3. The lowest BCUT2D eigenvalue weighted by molar-refractivity contribution is 0.420. The molecule has 0 spiro atoms. The van der Waals surface area contributed by atoms with Gasteiger partial charge < -0.3 is 15.8 Å². The van der Waals surface area contributed by atoms with E-state index in [4.69, 9.17) is 10.5 Å². The van der Waals surface area contributed by atoms with E-state index in [1.807, 2.05) is 36.4 Å². The molecule has 0 unspecified atom stereocenters. The summed E-state index contributed by atoms with van der Waals surface area (Å²) in [6, 6.07) is 15.8. The topological polar surface area (TPSA) is 60.2 Å². The van der Waals surface area contributed by atoms with Crippen LogP contribution in [0, 0.1) is 0 Å². The van der Waals surface area contributed by atoms with Crippen molar-refractivity contribution in [2.75, 3.05) is 18.2 Å². The van der Waals surface area contributed by atoms with Gasteiger partial charge in [-0.05, 0) is 23.8 Å². The van der Waals surface area contributed by atoms with E-state index in [-0.39, 0.29) is 0 Å². The summed E-state index contributed by atoms with van der Waals surface area (Å²) in [5, 5.41) is 5.21. The van der Waals surface area contributed by atoms with E-state index in [0.29, 0.717) is 12.2 Å². The second kappa shape index (κ2) is 5.71. The van der Waals surface area contributed by atoms with E-state index in [0.717, 1.165) is 22.3 Å². The number of fused-ring (bicyclic) bond motifs is 1. The van der Waals surface area contributed by atoms with Crippen molar-refractivity contribution in [1.82, 2.24) is 4.98 Å². The monoisotopic (exact) mass is 279 g/mol. The minimum absolute atomic E-state index is 0.689. The van der Waals surface area contributed by atoms with E-state index in [1.165, 1.54) is 5.56 Å². The molecule has 3 aromatic rings. The molecule has 0 saturated carbocycles. The minimum Gasteiger partial charge on any atom is -0.496 e. The third-order valence-corrected chi connectivity index (χ3v) is 3.44. The van der Waals surface area contributed by atoms with E-state index in [9.17, 15) is 0 Å². The van der Waals surface area contributed by atoms with Gasteiger partial charge in [0.1, 0.15) is 11.6 Å². The highest BCUT2D eigenvalue weighted by Crippen LogP contribution is 2.33. The average Bonchev–Trinajstić information content (AvgIpc) is 2.54. The first kappa shape index (κ1) is 13.2. The molecule has 3 N–H and O–H groups in total. The lowest BCUT2D eigenvalue weighted by Crippen LogP contribution is -2.03. The number of aromatic nitrogens is 1. The SMILES string of the molecule is COc1ccc(N)c2c(NCc3ccccc3)nccc12. The Labute approximate surface area is 123 Å². The molecule has 0 radical (unpaired) electrons. The number of hydrogen-bond acceptors (Lipinski definition) is 4. The largest absolute Gasteiger partial charge is 0.496 e. The number of hydrogen-bond donors (Lipinski definition) is 2. The molecule has 0 aliphatic heterocycles. The fourth-order valence-corrected chi connectivity index (χ4v) is 2.39. The maximum atomic E-state index is 6.11. The van der Waals surface area contributed by atoms with Gasteiger partial charge in [0.25, 0.3) is 0 Å². The Balaban J connectivity index is 1.99. The van der Waals surface area contributed by atoms with Crippen LogP contribution in [0.15, 0.2) is 54.7 Å². The molecule has 3 rings (SSSR count). The predicted octanol–water partition coefficient (Wildman–Crippen LogP) is 3.44. The van der Waals surface area contributed by atoms with E-state index in [2.05, 4.69) is 22.4 Å². The van der Waals surface area contributed by atoms with Crippen molar-refractivity contribution in [1.29, 1.82) is 0 Å². The standard InChI is InChI=1S/C17H17N3O/c1-21-15-8-7-14(18)16-13(15)9-10-19-17(16)20-11-12-5-3-2-4-6-12/h2-10H,11,18H2,1H3,(H,19,20). The van der Waals surface area contributed by atoms with Gasteiger partial charge in [0, 0.05) is 23.8 Å². The molecule has 0 saturated heterocycles. The zero-order valence-corrected chi connectivity index (χ0v) is 11.8. The van der Waals surface area contributed by atoms with Gasteiger partial charge in [-0.3, -0.25) is 0 Å². The van der Waals surface area contributed by atoms with Crippen LogP contribution in [-0.2, 0) is 6.54 Å². The highest BCUT2D eigenvalue weighted by atomic mass is 16.5. The van der Waals surface area contributed by atoms with Crippen molar-refractivity contribution in [2.24, 2.45) is 0 Å². The van der Waals surface area contributed by atoms with Crippen LogP contribution >= 0.6 is 0 Å². The third-order valence-electron chi connectivity index (χ3n) is 3.44. The van der Waals surface area contributed by atoms with Gasteiger partial charge in [-0.1, -0.05) is 30.3 Å². The number of benzene rings is 2. The van der Waals surface area contributed by atoms with Gasteiger partial charge in [0.05, 0.1) is 12.5 Å². The highest BCUT2D eigenvalue weighted by Gasteiger charge is 2.09. The number of methoxy groups -OCH3 is 1. The number of pyridine rings is 1. The van der Waals surface area contributed by atoms with Crippen LogP contribution in [0.1, 0.15) is 5.56 Å². The van der Waals surface area contributed by atoms with Gasteiger partial charge in [0.2, 0.25) is 0 Å². The molecule has 4 heteroatoms. The quantitative estimate of drug-likeness (QED) is 0.718. The predicted molar refractivity (Wildman–Crippen MR) is 86.5 cm³/mol. The van der Waals surface area contributed by atoms with Crippen LogP contribution in [0.3, 0.4) is 0 Å². The maximum Gasteiger partial charge on any atom is 0.136 e. The minimum atomic E-state index is 0.689. The van der Waals surface area contributed by atoms with Gasteiger partial charge in [-0.2, -0.15) is 0 Å². The molecule has 21 heavy (non-hydrogen) atoms. The smallest absolute Gasteiger partial charge is 0.136 e. The molecule has 4 nitrogen and oxygen atoms in total. The molecular weight excluding hydrogens is 262 g/mol.